The van der Waals surface area contributed by atoms with Crippen molar-refractivity contribution in [1.29, 1.82) is 10.5 Å². The van der Waals surface area contributed by atoms with E-state index < -0.39 is 0 Å². The Morgan fingerprint density at radius 2 is 1.41 bits per heavy atom. The largest absolute Gasteiger partial charge is 0.369 e. The Bertz CT molecular complexity index is 1240. The zero-order chi connectivity index (χ0) is 20.1. The number of rotatable bonds is 5. The van der Waals surface area contributed by atoms with E-state index in [1.807, 2.05) is 66.7 Å². The smallest absolute Gasteiger partial charge is 0.152 e. The molecule has 0 spiro atoms. The standard InChI is InChI=1S/C24H17N5/c25-14-22(28-16-19-9-5-6-12-27-19)23(15-26)29-24-20-10-3-1-7-17(20)13-18-8-2-4-11-21(18)24/h1-13,28-29H,16H2/b23-22-. The highest BCUT2D eigenvalue weighted by molar-refractivity contribution is 6.11. The van der Waals surface area contributed by atoms with Gasteiger partial charge in [0.05, 0.1) is 17.9 Å². The fourth-order valence-electron chi connectivity index (χ4n) is 3.29. The van der Waals surface area contributed by atoms with Gasteiger partial charge in [0.1, 0.15) is 17.8 Å². The molecule has 5 heteroatoms. The summed E-state index contributed by atoms with van der Waals surface area (Å²) < 4.78 is 0. The molecule has 0 aliphatic heterocycles. The number of nitriles is 2. The van der Waals surface area contributed by atoms with Gasteiger partial charge in [-0.2, -0.15) is 10.5 Å². The molecule has 0 amide bonds. The van der Waals surface area contributed by atoms with Crippen LogP contribution in [0.25, 0.3) is 21.5 Å². The van der Waals surface area contributed by atoms with Crippen LogP contribution in [0.5, 0.6) is 0 Å². The summed E-state index contributed by atoms with van der Waals surface area (Å²) in [5.41, 5.74) is 1.94. The van der Waals surface area contributed by atoms with Gasteiger partial charge in [-0.15, -0.1) is 0 Å². The highest BCUT2D eigenvalue weighted by Gasteiger charge is 2.12. The second-order valence-corrected chi connectivity index (χ2v) is 6.47. The van der Waals surface area contributed by atoms with E-state index in [4.69, 9.17) is 0 Å². The van der Waals surface area contributed by atoms with Crippen molar-refractivity contribution in [2.24, 2.45) is 0 Å². The van der Waals surface area contributed by atoms with Gasteiger partial charge in [0.25, 0.3) is 0 Å². The maximum atomic E-state index is 9.75. The molecule has 0 aliphatic rings. The molecule has 0 aliphatic carbocycles. The SMILES string of the molecule is N#C/C(NCc1ccccn1)=C(\C#N)Nc1c2ccccc2cc2ccccc12. The van der Waals surface area contributed by atoms with Crippen LogP contribution in [0.15, 0.2) is 90.4 Å². The lowest BCUT2D eigenvalue weighted by molar-refractivity contribution is 0.803. The average molecular weight is 375 g/mol. The zero-order valence-electron chi connectivity index (χ0n) is 15.6. The number of nitrogens with one attached hydrogen (secondary N) is 2. The normalized spacial score (nSPS) is 11.4. The molecule has 4 aromatic rings. The van der Waals surface area contributed by atoms with Crippen molar-refractivity contribution >= 4 is 27.2 Å². The van der Waals surface area contributed by atoms with Crippen LogP contribution in [0.1, 0.15) is 5.69 Å². The van der Waals surface area contributed by atoms with E-state index in [0.29, 0.717) is 6.54 Å². The zero-order valence-corrected chi connectivity index (χ0v) is 15.6. The molecule has 4 rings (SSSR count). The second-order valence-electron chi connectivity index (χ2n) is 6.47. The van der Waals surface area contributed by atoms with E-state index in [1.54, 1.807) is 6.20 Å². The van der Waals surface area contributed by atoms with Crippen LogP contribution >= 0.6 is 0 Å². The monoisotopic (exact) mass is 375 g/mol. The van der Waals surface area contributed by atoms with Gasteiger partial charge in [-0.25, -0.2) is 0 Å². The molecule has 0 saturated heterocycles. The average Bonchev–Trinajstić information content (AvgIpc) is 2.78. The van der Waals surface area contributed by atoms with E-state index in [0.717, 1.165) is 32.9 Å². The Balaban J connectivity index is 1.77. The number of anilines is 1. The molecule has 2 N–H and O–H groups in total. The Hall–Kier alpha value is -4.35. The number of allylic oxidation sites excluding steroid dienone is 2. The Morgan fingerprint density at radius 1 is 0.793 bits per heavy atom. The van der Waals surface area contributed by atoms with E-state index in [1.165, 1.54) is 0 Å². The Morgan fingerprint density at radius 3 is 2.00 bits per heavy atom. The summed E-state index contributed by atoms with van der Waals surface area (Å²) in [6, 6.07) is 27.9. The lowest BCUT2D eigenvalue weighted by Crippen LogP contribution is -2.17. The van der Waals surface area contributed by atoms with Gasteiger partial charge in [0, 0.05) is 17.0 Å². The maximum absolute atomic E-state index is 9.75. The number of aromatic nitrogens is 1. The van der Waals surface area contributed by atoms with Crippen molar-refractivity contribution in [2.45, 2.75) is 6.54 Å². The summed E-state index contributed by atoms with van der Waals surface area (Å²) >= 11 is 0. The third-order valence-electron chi connectivity index (χ3n) is 4.67. The quantitative estimate of drug-likeness (QED) is 0.385. The molecule has 0 unspecified atom stereocenters. The summed E-state index contributed by atoms with van der Waals surface area (Å²) in [6.07, 6.45) is 1.69. The number of hydrogen-bond acceptors (Lipinski definition) is 5. The molecular formula is C24H17N5. The minimum absolute atomic E-state index is 0.171. The van der Waals surface area contributed by atoms with Crippen LogP contribution < -0.4 is 10.6 Å². The van der Waals surface area contributed by atoms with E-state index in [2.05, 4.69) is 33.8 Å². The molecule has 0 saturated carbocycles. The number of pyridine rings is 1. The van der Waals surface area contributed by atoms with Crippen molar-refractivity contribution < 1.29 is 0 Å². The summed E-state index contributed by atoms with van der Waals surface area (Å²) in [6.45, 7) is 0.354. The van der Waals surface area contributed by atoms with Crippen LogP contribution in [0.3, 0.4) is 0 Å². The van der Waals surface area contributed by atoms with E-state index in [9.17, 15) is 10.5 Å². The molecule has 0 atom stereocenters. The topological polar surface area (TPSA) is 84.5 Å². The number of benzene rings is 3. The summed E-state index contributed by atoms with van der Waals surface area (Å²) in [5.74, 6) is 0. The van der Waals surface area contributed by atoms with Crippen LogP contribution in [-0.4, -0.2) is 4.98 Å². The van der Waals surface area contributed by atoms with Gasteiger partial charge in [0.2, 0.25) is 0 Å². The lowest BCUT2D eigenvalue weighted by Gasteiger charge is -2.14. The molecule has 0 radical (unpaired) electrons. The van der Waals surface area contributed by atoms with Gasteiger partial charge in [0.15, 0.2) is 5.70 Å². The highest BCUT2D eigenvalue weighted by atomic mass is 15.0. The van der Waals surface area contributed by atoms with Crippen molar-refractivity contribution in [2.75, 3.05) is 5.32 Å². The van der Waals surface area contributed by atoms with E-state index in [-0.39, 0.29) is 11.4 Å². The molecule has 5 nitrogen and oxygen atoms in total. The Labute approximate surface area is 168 Å². The Kier molecular flexibility index (Phi) is 5.05. The molecule has 29 heavy (non-hydrogen) atoms. The van der Waals surface area contributed by atoms with Crippen LogP contribution in [0.4, 0.5) is 5.69 Å². The van der Waals surface area contributed by atoms with Crippen molar-refractivity contribution in [3.8, 4) is 12.1 Å². The van der Waals surface area contributed by atoms with Gasteiger partial charge in [-0.1, -0.05) is 54.6 Å². The molecule has 138 valence electrons. The molecular weight excluding hydrogens is 358 g/mol. The first-order valence-corrected chi connectivity index (χ1v) is 9.16. The predicted molar refractivity (Wildman–Crippen MR) is 114 cm³/mol. The summed E-state index contributed by atoms with van der Waals surface area (Å²) in [5, 5.41) is 29.7. The van der Waals surface area contributed by atoms with Crippen LogP contribution in [0.2, 0.25) is 0 Å². The molecule has 0 fully saturated rings. The minimum atomic E-state index is 0.171. The first kappa shape index (κ1) is 18.0. The van der Waals surface area contributed by atoms with Gasteiger partial charge in [-0.05, 0) is 29.0 Å². The molecule has 0 bridgehead atoms. The number of fused-ring (bicyclic) bond motifs is 2. The molecule has 1 heterocycles. The fraction of sp³-hybridized carbons (Fsp3) is 0.0417. The lowest BCUT2D eigenvalue weighted by atomic mass is 10.0. The second kappa shape index (κ2) is 8.12. The summed E-state index contributed by atoms with van der Waals surface area (Å²) in [7, 11) is 0. The van der Waals surface area contributed by atoms with Gasteiger partial charge in [-0.3, -0.25) is 4.98 Å². The van der Waals surface area contributed by atoms with Crippen molar-refractivity contribution in [3.63, 3.8) is 0 Å². The van der Waals surface area contributed by atoms with Crippen LogP contribution in [0, 0.1) is 22.7 Å². The van der Waals surface area contributed by atoms with Gasteiger partial charge >= 0.3 is 0 Å². The molecule has 3 aromatic carbocycles. The van der Waals surface area contributed by atoms with E-state index >= 15 is 0 Å². The minimum Gasteiger partial charge on any atom is -0.369 e. The van der Waals surface area contributed by atoms with Crippen LogP contribution in [-0.2, 0) is 6.54 Å². The number of hydrogen-bond donors (Lipinski definition) is 2. The summed E-state index contributed by atoms with van der Waals surface area (Å²) in [4.78, 5) is 4.24. The maximum Gasteiger partial charge on any atom is 0.152 e. The highest BCUT2D eigenvalue weighted by Crippen LogP contribution is 2.33. The first-order chi connectivity index (χ1) is 14.3. The van der Waals surface area contributed by atoms with Gasteiger partial charge < -0.3 is 10.6 Å². The third-order valence-corrected chi connectivity index (χ3v) is 4.67. The van der Waals surface area contributed by atoms with Crippen molar-refractivity contribution in [1.82, 2.24) is 10.3 Å². The van der Waals surface area contributed by atoms with Crippen molar-refractivity contribution in [3.05, 3.63) is 96.1 Å². The predicted octanol–water partition coefficient (Wildman–Crippen LogP) is 4.85. The first-order valence-electron chi connectivity index (χ1n) is 9.16. The fourth-order valence-corrected chi connectivity index (χ4v) is 3.29. The third kappa shape index (κ3) is 3.71. The molecule has 1 aromatic heterocycles. The number of nitrogens with zero attached hydrogens (tertiary/aromatic N) is 3.